The van der Waals surface area contributed by atoms with Crippen molar-refractivity contribution in [3.8, 4) is 5.88 Å². The monoisotopic (exact) mass is 275 g/mol. The Morgan fingerprint density at radius 1 is 1.32 bits per heavy atom. The predicted octanol–water partition coefficient (Wildman–Crippen LogP) is 3.00. The first kappa shape index (κ1) is 12.4. The largest absolute Gasteiger partial charge is 0.481 e. The van der Waals surface area contributed by atoms with Crippen molar-refractivity contribution in [2.24, 2.45) is 0 Å². The van der Waals surface area contributed by atoms with E-state index in [0.717, 1.165) is 17.1 Å². The summed E-state index contributed by atoms with van der Waals surface area (Å²) in [6, 6.07) is 5.67. The molecule has 2 aromatic rings. The van der Waals surface area contributed by atoms with Gasteiger partial charge in [0.05, 0.1) is 7.11 Å². The third kappa shape index (κ3) is 3.01. The van der Waals surface area contributed by atoms with Gasteiger partial charge >= 0.3 is 0 Å². The van der Waals surface area contributed by atoms with E-state index in [4.69, 9.17) is 16.3 Å². The first-order chi connectivity index (χ1) is 9.24. The molecule has 98 valence electrons. The zero-order valence-electron chi connectivity index (χ0n) is 10.6. The van der Waals surface area contributed by atoms with Crippen molar-refractivity contribution in [1.29, 1.82) is 0 Å². The van der Waals surface area contributed by atoms with Crippen LogP contribution in [0.15, 0.2) is 24.4 Å². The van der Waals surface area contributed by atoms with Crippen LogP contribution in [-0.2, 0) is 6.42 Å². The van der Waals surface area contributed by atoms with Gasteiger partial charge in [-0.3, -0.25) is 0 Å². The summed E-state index contributed by atoms with van der Waals surface area (Å²) in [6.07, 6.45) is 4.82. The van der Waals surface area contributed by atoms with E-state index in [9.17, 15) is 0 Å². The van der Waals surface area contributed by atoms with Gasteiger partial charge in [0.2, 0.25) is 5.88 Å². The van der Waals surface area contributed by atoms with Gasteiger partial charge in [0.1, 0.15) is 11.0 Å². The molecule has 0 amide bonds. The molecule has 0 spiro atoms. The van der Waals surface area contributed by atoms with Crippen LogP contribution < -0.4 is 4.74 Å². The molecule has 1 fully saturated rings. The third-order valence-electron chi connectivity index (χ3n) is 3.13. The van der Waals surface area contributed by atoms with Gasteiger partial charge in [0.15, 0.2) is 0 Å². The van der Waals surface area contributed by atoms with Gasteiger partial charge in [-0.1, -0.05) is 17.7 Å². The molecular weight excluding hydrogens is 262 g/mol. The van der Waals surface area contributed by atoms with E-state index in [1.165, 1.54) is 12.8 Å². The number of methoxy groups -OCH3 is 1. The summed E-state index contributed by atoms with van der Waals surface area (Å²) in [5, 5.41) is 0.522. The molecular formula is C14H14ClN3O. The van der Waals surface area contributed by atoms with Gasteiger partial charge in [0.25, 0.3) is 0 Å². The maximum atomic E-state index is 6.05. The first-order valence-corrected chi connectivity index (χ1v) is 6.64. The van der Waals surface area contributed by atoms with E-state index in [-0.39, 0.29) is 0 Å². The lowest BCUT2D eigenvalue weighted by Crippen LogP contribution is -2.01. The quantitative estimate of drug-likeness (QED) is 0.805. The lowest BCUT2D eigenvalue weighted by atomic mass is 10.2. The summed E-state index contributed by atoms with van der Waals surface area (Å²) < 4.78 is 5.03. The Morgan fingerprint density at radius 2 is 2.16 bits per heavy atom. The molecule has 0 aromatic carbocycles. The number of rotatable bonds is 4. The van der Waals surface area contributed by atoms with Crippen LogP contribution in [0.2, 0.25) is 5.15 Å². The number of ether oxygens (including phenoxy) is 1. The average Bonchev–Trinajstić information content (AvgIpc) is 3.23. The number of nitrogens with zero attached hydrogens (tertiary/aromatic N) is 3. The van der Waals surface area contributed by atoms with Crippen molar-refractivity contribution < 1.29 is 4.74 Å². The van der Waals surface area contributed by atoms with E-state index >= 15 is 0 Å². The highest BCUT2D eigenvalue weighted by Crippen LogP contribution is 2.39. The fourth-order valence-electron chi connectivity index (χ4n) is 1.97. The summed E-state index contributed by atoms with van der Waals surface area (Å²) in [5.41, 5.74) is 2.11. The van der Waals surface area contributed by atoms with Crippen LogP contribution in [0.1, 0.15) is 35.8 Å². The van der Waals surface area contributed by atoms with Crippen molar-refractivity contribution in [3.05, 3.63) is 46.6 Å². The van der Waals surface area contributed by atoms with Crippen LogP contribution in [0.3, 0.4) is 0 Å². The van der Waals surface area contributed by atoms with Crippen molar-refractivity contribution in [3.63, 3.8) is 0 Å². The number of aromatic nitrogens is 3. The minimum absolute atomic E-state index is 0.522. The highest BCUT2D eigenvalue weighted by molar-refractivity contribution is 6.29. The van der Waals surface area contributed by atoms with Crippen LogP contribution in [-0.4, -0.2) is 22.1 Å². The maximum absolute atomic E-state index is 6.05. The molecule has 5 heteroatoms. The molecule has 0 N–H and O–H groups in total. The van der Waals surface area contributed by atoms with Crippen molar-refractivity contribution in [2.75, 3.05) is 7.11 Å². The summed E-state index contributed by atoms with van der Waals surface area (Å²) in [6.45, 7) is 0. The molecule has 0 atom stereocenters. The van der Waals surface area contributed by atoms with Gasteiger partial charge in [-0.2, -0.15) is 0 Å². The van der Waals surface area contributed by atoms with Crippen LogP contribution >= 0.6 is 11.6 Å². The summed E-state index contributed by atoms with van der Waals surface area (Å²) in [7, 11) is 1.60. The SMILES string of the molecule is COc1ccc(Cc2nc(Cl)cc(C3CC3)n2)cn1. The normalized spacial score (nSPS) is 14.4. The molecule has 0 bridgehead atoms. The van der Waals surface area contributed by atoms with Crippen LogP contribution in [0.25, 0.3) is 0 Å². The van der Waals surface area contributed by atoms with E-state index in [0.29, 0.717) is 23.4 Å². The van der Waals surface area contributed by atoms with Crippen molar-refractivity contribution in [1.82, 2.24) is 15.0 Å². The molecule has 4 nitrogen and oxygen atoms in total. The van der Waals surface area contributed by atoms with Gasteiger partial charge in [-0.15, -0.1) is 0 Å². The molecule has 1 aliphatic carbocycles. The standard InChI is InChI=1S/C14H14ClN3O/c1-19-14-5-2-9(8-16-14)6-13-17-11(10-3-4-10)7-12(15)18-13/h2,5,7-8,10H,3-4,6H2,1H3. The van der Waals surface area contributed by atoms with Crippen molar-refractivity contribution >= 4 is 11.6 Å². The Labute approximate surface area is 116 Å². The second-order valence-corrected chi connectivity index (χ2v) is 5.08. The molecule has 0 aliphatic heterocycles. The fourth-order valence-corrected chi connectivity index (χ4v) is 2.18. The molecule has 0 radical (unpaired) electrons. The number of pyridine rings is 1. The molecule has 1 aliphatic rings. The molecule has 2 aromatic heterocycles. The lowest BCUT2D eigenvalue weighted by molar-refractivity contribution is 0.397. The minimum Gasteiger partial charge on any atom is -0.481 e. The third-order valence-corrected chi connectivity index (χ3v) is 3.32. The van der Waals surface area contributed by atoms with E-state index in [2.05, 4.69) is 15.0 Å². The number of hydrogen-bond donors (Lipinski definition) is 0. The van der Waals surface area contributed by atoms with Gasteiger partial charge < -0.3 is 4.74 Å². The number of hydrogen-bond acceptors (Lipinski definition) is 4. The molecule has 0 unspecified atom stereocenters. The highest BCUT2D eigenvalue weighted by Gasteiger charge is 2.25. The van der Waals surface area contributed by atoms with E-state index in [1.54, 1.807) is 13.3 Å². The molecule has 2 heterocycles. The Balaban J connectivity index is 1.81. The maximum Gasteiger partial charge on any atom is 0.212 e. The van der Waals surface area contributed by atoms with Gasteiger partial charge in [-0.05, 0) is 24.5 Å². The Bertz CT molecular complexity index is 582. The second kappa shape index (κ2) is 5.13. The predicted molar refractivity (Wildman–Crippen MR) is 72.6 cm³/mol. The van der Waals surface area contributed by atoms with Crippen LogP contribution in [0.5, 0.6) is 5.88 Å². The summed E-state index contributed by atoms with van der Waals surface area (Å²) in [4.78, 5) is 13.0. The summed E-state index contributed by atoms with van der Waals surface area (Å²) >= 11 is 6.05. The van der Waals surface area contributed by atoms with Gasteiger partial charge in [-0.25, -0.2) is 15.0 Å². The highest BCUT2D eigenvalue weighted by atomic mass is 35.5. The summed E-state index contributed by atoms with van der Waals surface area (Å²) in [5.74, 6) is 1.93. The van der Waals surface area contributed by atoms with Gasteiger partial charge in [0, 0.05) is 30.3 Å². The minimum atomic E-state index is 0.522. The smallest absolute Gasteiger partial charge is 0.212 e. The van der Waals surface area contributed by atoms with Crippen LogP contribution in [0, 0.1) is 0 Å². The lowest BCUT2D eigenvalue weighted by Gasteiger charge is -2.05. The van der Waals surface area contributed by atoms with E-state index < -0.39 is 0 Å². The molecule has 0 saturated heterocycles. The zero-order valence-corrected chi connectivity index (χ0v) is 11.4. The molecule has 3 rings (SSSR count). The van der Waals surface area contributed by atoms with E-state index in [1.807, 2.05) is 18.2 Å². The Morgan fingerprint density at radius 3 is 2.79 bits per heavy atom. The zero-order chi connectivity index (χ0) is 13.2. The fraction of sp³-hybridized carbons (Fsp3) is 0.357. The van der Waals surface area contributed by atoms with Crippen LogP contribution in [0.4, 0.5) is 0 Å². The number of halogens is 1. The molecule has 1 saturated carbocycles. The topological polar surface area (TPSA) is 47.9 Å². The van der Waals surface area contributed by atoms with Crippen molar-refractivity contribution in [2.45, 2.75) is 25.2 Å². The Kier molecular flexibility index (Phi) is 3.34. The molecule has 19 heavy (non-hydrogen) atoms. The first-order valence-electron chi connectivity index (χ1n) is 6.27. The Hall–Kier alpha value is -1.68. The average molecular weight is 276 g/mol. The second-order valence-electron chi connectivity index (χ2n) is 4.69.